The number of hydrogen-bond acceptors (Lipinski definition) is 5. The number of aliphatic hydroxyl groups is 1. The van der Waals surface area contributed by atoms with E-state index in [1.54, 1.807) is 18.4 Å². The summed E-state index contributed by atoms with van der Waals surface area (Å²) in [5.74, 6) is 1.11. The van der Waals surface area contributed by atoms with Gasteiger partial charge in [-0.1, -0.05) is 18.2 Å². The van der Waals surface area contributed by atoms with Crippen molar-refractivity contribution in [3.8, 4) is 17.1 Å². The molecule has 3 aromatic rings. The molecule has 1 unspecified atom stereocenters. The SMILES string of the molecule is O=C(COc1ccccc1)NCC(O)c1cc(-c2ccco2)cs1. The van der Waals surface area contributed by atoms with E-state index < -0.39 is 6.10 Å². The van der Waals surface area contributed by atoms with Crippen molar-refractivity contribution in [1.29, 1.82) is 0 Å². The normalized spacial score (nSPS) is 11.9. The van der Waals surface area contributed by atoms with Crippen LogP contribution in [0.1, 0.15) is 11.0 Å². The Bertz CT molecular complexity index is 767. The average molecular weight is 343 g/mol. The highest BCUT2D eigenvalue weighted by Gasteiger charge is 2.14. The second-order valence-corrected chi connectivity index (χ2v) is 6.08. The molecule has 0 saturated heterocycles. The van der Waals surface area contributed by atoms with Gasteiger partial charge in [-0.25, -0.2) is 0 Å². The first-order valence-corrected chi connectivity index (χ1v) is 8.35. The molecule has 0 bridgehead atoms. The van der Waals surface area contributed by atoms with Gasteiger partial charge >= 0.3 is 0 Å². The Hall–Kier alpha value is -2.57. The van der Waals surface area contributed by atoms with Crippen LogP contribution in [0.2, 0.25) is 0 Å². The lowest BCUT2D eigenvalue weighted by Gasteiger charge is -2.11. The third kappa shape index (κ3) is 4.24. The van der Waals surface area contributed by atoms with Crippen LogP contribution in [-0.2, 0) is 4.79 Å². The Morgan fingerprint density at radius 2 is 2.08 bits per heavy atom. The lowest BCUT2D eigenvalue weighted by Crippen LogP contribution is -2.32. The smallest absolute Gasteiger partial charge is 0.258 e. The van der Waals surface area contributed by atoms with Gasteiger partial charge in [-0.2, -0.15) is 0 Å². The topological polar surface area (TPSA) is 71.7 Å². The number of para-hydroxylation sites is 1. The van der Waals surface area contributed by atoms with Crippen molar-refractivity contribution < 1.29 is 19.1 Å². The molecule has 2 aromatic heterocycles. The van der Waals surface area contributed by atoms with Gasteiger partial charge in [-0.05, 0) is 30.3 Å². The van der Waals surface area contributed by atoms with Crippen molar-refractivity contribution in [3.05, 3.63) is 65.1 Å². The molecule has 0 fully saturated rings. The van der Waals surface area contributed by atoms with E-state index in [2.05, 4.69) is 5.32 Å². The van der Waals surface area contributed by atoms with E-state index in [0.717, 1.165) is 16.2 Å². The molecule has 0 aliphatic heterocycles. The van der Waals surface area contributed by atoms with Crippen LogP contribution >= 0.6 is 11.3 Å². The van der Waals surface area contributed by atoms with Gasteiger partial charge in [0.25, 0.3) is 5.91 Å². The van der Waals surface area contributed by atoms with Gasteiger partial charge < -0.3 is 19.6 Å². The van der Waals surface area contributed by atoms with Crippen LogP contribution in [0.3, 0.4) is 0 Å². The number of hydrogen-bond donors (Lipinski definition) is 2. The lowest BCUT2D eigenvalue weighted by atomic mass is 10.2. The summed E-state index contributed by atoms with van der Waals surface area (Å²) in [6, 6.07) is 14.7. The minimum atomic E-state index is -0.764. The van der Waals surface area contributed by atoms with Crippen molar-refractivity contribution in [2.45, 2.75) is 6.10 Å². The van der Waals surface area contributed by atoms with E-state index >= 15 is 0 Å². The molecule has 0 spiro atoms. The summed E-state index contributed by atoms with van der Waals surface area (Å²) in [4.78, 5) is 12.6. The maximum Gasteiger partial charge on any atom is 0.258 e. The molecule has 0 saturated carbocycles. The number of carbonyl (C=O) groups excluding carboxylic acids is 1. The Morgan fingerprint density at radius 1 is 1.25 bits per heavy atom. The minimum Gasteiger partial charge on any atom is -0.484 e. The van der Waals surface area contributed by atoms with Gasteiger partial charge in [0.2, 0.25) is 0 Å². The highest BCUT2D eigenvalue weighted by atomic mass is 32.1. The molecule has 0 aliphatic carbocycles. The molecule has 2 N–H and O–H groups in total. The maximum absolute atomic E-state index is 11.8. The number of thiophene rings is 1. The van der Waals surface area contributed by atoms with Crippen LogP contribution in [0.5, 0.6) is 5.75 Å². The van der Waals surface area contributed by atoms with Gasteiger partial charge in [-0.3, -0.25) is 4.79 Å². The second-order valence-electron chi connectivity index (χ2n) is 5.14. The first-order chi connectivity index (χ1) is 11.7. The molecule has 1 amide bonds. The number of amides is 1. The van der Waals surface area contributed by atoms with Crippen molar-refractivity contribution >= 4 is 17.2 Å². The number of ether oxygens (including phenoxy) is 1. The van der Waals surface area contributed by atoms with Gasteiger partial charge in [0.05, 0.1) is 6.26 Å². The van der Waals surface area contributed by atoms with Gasteiger partial charge in [0.1, 0.15) is 17.6 Å². The van der Waals surface area contributed by atoms with E-state index in [1.807, 2.05) is 41.8 Å². The third-order valence-electron chi connectivity index (χ3n) is 3.36. The molecule has 6 heteroatoms. The highest BCUT2D eigenvalue weighted by Crippen LogP contribution is 2.29. The van der Waals surface area contributed by atoms with Crippen molar-refractivity contribution in [3.63, 3.8) is 0 Å². The molecular formula is C18H17NO4S. The molecule has 1 atom stereocenters. The monoisotopic (exact) mass is 343 g/mol. The van der Waals surface area contributed by atoms with Gasteiger partial charge in [-0.15, -0.1) is 11.3 Å². The van der Waals surface area contributed by atoms with E-state index in [1.165, 1.54) is 11.3 Å². The Balaban J connectivity index is 1.46. The van der Waals surface area contributed by atoms with E-state index in [0.29, 0.717) is 5.75 Å². The summed E-state index contributed by atoms with van der Waals surface area (Å²) in [5.41, 5.74) is 0.915. The van der Waals surface area contributed by atoms with Crippen LogP contribution in [0.25, 0.3) is 11.3 Å². The predicted molar refractivity (Wildman–Crippen MR) is 91.9 cm³/mol. The number of carbonyl (C=O) groups is 1. The summed E-state index contributed by atoms with van der Waals surface area (Å²) in [6.45, 7) is 0.0495. The zero-order valence-corrected chi connectivity index (χ0v) is 13.7. The van der Waals surface area contributed by atoms with E-state index in [-0.39, 0.29) is 19.1 Å². The van der Waals surface area contributed by atoms with Gasteiger partial charge in [0.15, 0.2) is 6.61 Å². The van der Waals surface area contributed by atoms with Crippen LogP contribution in [0, 0.1) is 0 Å². The molecule has 2 heterocycles. The maximum atomic E-state index is 11.8. The number of benzene rings is 1. The van der Waals surface area contributed by atoms with E-state index in [9.17, 15) is 9.90 Å². The molecule has 5 nitrogen and oxygen atoms in total. The number of aliphatic hydroxyl groups excluding tert-OH is 1. The molecular weight excluding hydrogens is 326 g/mol. The fraction of sp³-hybridized carbons (Fsp3) is 0.167. The zero-order chi connectivity index (χ0) is 16.8. The zero-order valence-electron chi connectivity index (χ0n) is 12.8. The lowest BCUT2D eigenvalue weighted by molar-refractivity contribution is -0.123. The summed E-state index contributed by atoms with van der Waals surface area (Å²) in [5, 5.41) is 14.8. The standard InChI is InChI=1S/C18H17NO4S/c20-15(17-9-13(12-24-17)16-7-4-8-22-16)10-19-18(21)11-23-14-5-2-1-3-6-14/h1-9,12,15,20H,10-11H2,(H,19,21). The third-order valence-corrected chi connectivity index (χ3v) is 4.39. The molecule has 1 aromatic carbocycles. The minimum absolute atomic E-state index is 0.0845. The number of rotatable bonds is 7. The second kappa shape index (κ2) is 7.81. The molecule has 3 rings (SSSR count). The Kier molecular flexibility index (Phi) is 5.30. The van der Waals surface area contributed by atoms with Crippen LogP contribution in [-0.4, -0.2) is 24.2 Å². The largest absolute Gasteiger partial charge is 0.484 e. The summed E-state index contributed by atoms with van der Waals surface area (Å²) >= 11 is 1.43. The predicted octanol–water partition coefficient (Wildman–Crippen LogP) is 3.24. The summed E-state index contributed by atoms with van der Waals surface area (Å²) < 4.78 is 10.7. The molecule has 0 aliphatic rings. The fourth-order valence-corrected chi connectivity index (χ4v) is 3.01. The quantitative estimate of drug-likeness (QED) is 0.691. The highest BCUT2D eigenvalue weighted by molar-refractivity contribution is 7.10. The van der Waals surface area contributed by atoms with Crippen LogP contribution in [0.15, 0.2) is 64.6 Å². The van der Waals surface area contributed by atoms with Crippen LogP contribution < -0.4 is 10.1 Å². The van der Waals surface area contributed by atoms with Crippen molar-refractivity contribution in [2.75, 3.05) is 13.2 Å². The summed E-state index contributed by atoms with van der Waals surface area (Å²) in [6.07, 6.45) is 0.843. The number of furan rings is 1. The van der Waals surface area contributed by atoms with Crippen molar-refractivity contribution in [1.82, 2.24) is 5.32 Å². The van der Waals surface area contributed by atoms with Gasteiger partial charge in [0, 0.05) is 22.4 Å². The molecule has 124 valence electrons. The number of nitrogens with one attached hydrogen (secondary N) is 1. The Labute approximate surface area is 143 Å². The first-order valence-electron chi connectivity index (χ1n) is 7.47. The van der Waals surface area contributed by atoms with Crippen LogP contribution in [0.4, 0.5) is 0 Å². The average Bonchev–Trinajstić information content (AvgIpc) is 3.29. The Morgan fingerprint density at radius 3 is 2.83 bits per heavy atom. The molecule has 24 heavy (non-hydrogen) atoms. The fourth-order valence-electron chi connectivity index (χ4n) is 2.13. The molecule has 0 radical (unpaired) electrons. The summed E-state index contributed by atoms with van der Waals surface area (Å²) in [7, 11) is 0. The van der Waals surface area contributed by atoms with Crippen molar-refractivity contribution in [2.24, 2.45) is 0 Å². The first kappa shape index (κ1) is 16.3. The van der Waals surface area contributed by atoms with E-state index in [4.69, 9.17) is 9.15 Å².